The molecule has 3 aromatic heterocycles. The average molecular weight is 381 g/mol. The molecule has 28 heavy (non-hydrogen) atoms. The maximum atomic E-state index is 12.0. The van der Waals surface area contributed by atoms with Crippen molar-refractivity contribution in [2.24, 2.45) is 17.6 Å². The lowest BCUT2D eigenvalue weighted by Gasteiger charge is -2.11. The Kier molecular flexibility index (Phi) is 4.08. The number of aromatic nitrogens is 3. The third-order valence-corrected chi connectivity index (χ3v) is 5.42. The van der Waals surface area contributed by atoms with E-state index in [2.05, 4.69) is 15.6 Å². The predicted octanol–water partition coefficient (Wildman–Crippen LogP) is 2.76. The third kappa shape index (κ3) is 3.35. The summed E-state index contributed by atoms with van der Waals surface area (Å²) < 4.78 is 13.0. The number of hydrogen-bond acceptors (Lipinski definition) is 6. The van der Waals surface area contributed by atoms with Crippen molar-refractivity contribution in [2.75, 3.05) is 11.9 Å². The molecule has 2 saturated carbocycles. The molecular weight excluding hydrogens is 358 g/mol. The van der Waals surface area contributed by atoms with Gasteiger partial charge in [0.2, 0.25) is 5.91 Å². The molecule has 3 heterocycles. The number of fused-ring (bicyclic) bond motifs is 1. The Bertz CT molecular complexity index is 1030. The number of aryl methyl sites for hydroxylation is 1. The van der Waals surface area contributed by atoms with Crippen molar-refractivity contribution in [2.45, 2.75) is 38.6 Å². The highest BCUT2D eigenvalue weighted by Gasteiger charge is 2.30. The second kappa shape index (κ2) is 6.63. The molecule has 146 valence electrons. The molecule has 0 spiro atoms. The van der Waals surface area contributed by atoms with E-state index in [0.717, 1.165) is 29.5 Å². The number of pyridine rings is 1. The van der Waals surface area contributed by atoms with Gasteiger partial charge in [-0.05, 0) is 61.4 Å². The number of ether oxygens (including phenoxy) is 1. The number of anilines is 1. The molecule has 8 nitrogen and oxygen atoms in total. The van der Waals surface area contributed by atoms with Crippen LogP contribution in [0.15, 0.2) is 28.9 Å². The Morgan fingerprint density at radius 1 is 1.39 bits per heavy atom. The Labute approximate surface area is 162 Å². The van der Waals surface area contributed by atoms with Gasteiger partial charge in [0.1, 0.15) is 12.4 Å². The largest absolute Gasteiger partial charge is 0.473 e. The Hall–Kier alpha value is -2.87. The lowest BCUT2D eigenvalue weighted by atomic mass is 10.1. The van der Waals surface area contributed by atoms with Gasteiger partial charge in [-0.2, -0.15) is 5.10 Å². The number of hydrogen-bond donors (Lipinski definition) is 2. The molecule has 8 heteroatoms. The molecule has 0 aromatic carbocycles. The highest BCUT2D eigenvalue weighted by atomic mass is 16.5. The van der Waals surface area contributed by atoms with Gasteiger partial charge < -0.3 is 20.3 Å². The van der Waals surface area contributed by atoms with Gasteiger partial charge in [-0.1, -0.05) is 0 Å². The molecule has 3 aromatic rings. The zero-order valence-corrected chi connectivity index (χ0v) is 15.7. The minimum Gasteiger partial charge on any atom is -0.473 e. The van der Waals surface area contributed by atoms with Crippen LogP contribution >= 0.6 is 0 Å². The summed E-state index contributed by atoms with van der Waals surface area (Å²) in [7, 11) is 0. The van der Waals surface area contributed by atoms with Crippen molar-refractivity contribution in [1.82, 2.24) is 14.8 Å². The van der Waals surface area contributed by atoms with Gasteiger partial charge >= 0.3 is 0 Å². The predicted molar refractivity (Wildman–Crippen MR) is 103 cm³/mol. The normalized spacial score (nSPS) is 17.6. The fraction of sp³-hybridized carbons (Fsp3) is 0.450. The van der Waals surface area contributed by atoms with Crippen LogP contribution < -0.4 is 15.8 Å². The first-order valence-corrected chi connectivity index (χ1v) is 9.74. The van der Waals surface area contributed by atoms with Gasteiger partial charge in [0, 0.05) is 24.2 Å². The van der Waals surface area contributed by atoms with Gasteiger partial charge in [-0.3, -0.25) is 4.79 Å². The number of carbonyl (C=O) groups excluding carboxylic acids is 1. The summed E-state index contributed by atoms with van der Waals surface area (Å²) in [5.41, 5.74) is 8.73. The molecule has 0 aliphatic heterocycles. The number of nitrogens with one attached hydrogen (secondary N) is 1. The average Bonchev–Trinajstić information content (AvgIpc) is 3.59. The maximum Gasteiger partial charge on any atom is 0.262 e. The van der Waals surface area contributed by atoms with Crippen molar-refractivity contribution in [3.63, 3.8) is 0 Å². The number of amides is 1. The first-order chi connectivity index (χ1) is 13.6. The monoisotopic (exact) mass is 381 g/mol. The minimum atomic E-state index is 0.0276. The Balaban J connectivity index is 1.39. The van der Waals surface area contributed by atoms with Crippen LogP contribution in [-0.2, 0) is 4.79 Å². The molecule has 2 fully saturated rings. The van der Waals surface area contributed by atoms with E-state index < -0.39 is 0 Å². The quantitative estimate of drug-likeness (QED) is 0.652. The SMILES string of the molecule is Cc1onc(OC[C@@H](N)C2CC2)c1-c1ccn2nc(NC(=O)C3CC3)cc2c1. The van der Waals surface area contributed by atoms with E-state index in [0.29, 0.717) is 30.0 Å². The summed E-state index contributed by atoms with van der Waals surface area (Å²) >= 11 is 0. The standard InChI is InChI=1S/C20H23N5O3/c1-11-18(20(24-28-11)27-10-16(21)12-2-3-12)14-6-7-25-15(8-14)9-17(23-25)22-19(26)13-4-5-13/h6-9,12-13,16H,2-5,10,21H2,1H3,(H,22,23,26)/t16-/m1/s1. The molecule has 1 amide bonds. The topological polar surface area (TPSA) is 108 Å². The molecule has 1 atom stereocenters. The van der Waals surface area contributed by atoms with Gasteiger partial charge in [0.25, 0.3) is 5.88 Å². The molecule has 5 rings (SSSR count). The number of rotatable bonds is 7. The summed E-state index contributed by atoms with van der Waals surface area (Å²) in [5.74, 6) is 2.44. The van der Waals surface area contributed by atoms with E-state index in [9.17, 15) is 4.79 Å². The van der Waals surface area contributed by atoms with Crippen molar-refractivity contribution < 1.29 is 14.1 Å². The summed E-state index contributed by atoms with van der Waals surface area (Å²) in [5, 5.41) is 11.4. The zero-order chi connectivity index (χ0) is 19.3. The van der Waals surface area contributed by atoms with Crippen LogP contribution in [0.3, 0.4) is 0 Å². The van der Waals surface area contributed by atoms with Crippen LogP contribution in [0, 0.1) is 18.8 Å². The van der Waals surface area contributed by atoms with E-state index in [4.69, 9.17) is 15.0 Å². The fourth-order valence-electron chi connectivity index (χ4n) is 3.40. The van der Waals surface area contributed by atoms with Crippen LogP contribution in [0.2, 0.25) is 0 Å². The van der Waals surface area contributed by atoms with Crippen LogP contribution in [0.5, 0.6) is 5.88 Å². The number of nitrogens with two attached hydrogens (primary N) is 1. The maximum absolute atomic E-state index is 12.0. The summed E-state index contributed by atoms with van der Waals surface area (Å²) in [4.78, 5) is 12.0. The first kappa shape index (κ1) is 17.2. The van der Waals surface area contributed by atoms with Crippen molar-refractivity contribution in [3.05, 3.63) is 30.2 Å². The van der Waals surface area contributed by atoms with Gasteiger partial charge in [-0.15, -0.1) is 0 Å². The highest BCUT2D eigenvalue weighted by Crippen LogP contribution is 2.35. The van der Waals surface area contributed by atoms with Crippen molar-refractivity contribution in [3.8, 4) is 17.0 Å². The van der Waals surface area contributed by atoms with Crippen LogP contribution in [0.1, 0.15) is 31.4 Å². The number of nitrogens with zero attached hydrogens (tertiary/aromatic N) is 3. The molecule has 2 aliphatic rings. The first-order valence-electron chi connectivity index (χ1n) is 9.74. The smallest absolute Gasteiger partial charge is 0.262 e. The zero-order valence-electron chi connectivity index (χ0n) is 15.7. The third-order valence-electron chi connectivity index (χ3n) is 5.42. The van der Waals surface area contributed by atoms with Crippen molar-refractivity contribution >= 4 is 17.2 Å². The van der Waals surface area contributed by atoms with E-state index in [1.165, 1.54) is 12.8 Å². The van der Waals surface area contributed by atoms with Crippen molar-refractivity contribution in [1.29, 1.82) is 0 Å². The van der Waals surface area contributed by atoms with Gasteiger partial charge in [0.15, 0.2) is 5.82 Å². The van der Waals surface area contributed by atoms with E-state index in [1.807, 2.05) is 31.3 Å². The van der Waals surface area contributed by atoms with Crippen LogP contribution in [0.4, 0.5) is 5.82 Å². The molecular formula is C20H23N5O3. The molecule has 0 radical (unpaired) electrons. The Morgan fingerprint density at radius 2 is 2.21 bits per heavy atom. The summed E-state index contributed by atoms with van der Waals surface area (Å²) in [6.07, 6.45) is 6.12. The highest BCUT2D eigenvalue weighted by molar-refractivity contribution is 5.93. The molecule has 0 unspecified atom stereocenters. The lowest BCUT2D eigenvalue weighted by molar-refractivity contribution is -0.117. The second-order valence-corrected chi connectivity index (χ2v) is 7.81. The van der Waals surface area contributed by atoms with Crippen LogP contribution in [-0.4, -0.2) is 33.3 Å². The van der Waals surface area contributed by atoms with E-state index in [1.54, 1.807) is 4.52 Å². The van der Waals surface area contributed by atoms with Crippen LogP contribution in [0.25, 0.3) is 16.6 Å². The molecule has 2 aliphatic carbocycles. The number of carbonyl (C=O) groups is 1. The molecule has 0 bridgehead atoms. The summed E-state index contributed by atoms with van der Waals surface area (Å²) in [6.45, 7) is 2.29. The van der Waals surface area contributed by atoms with E-state index >= 15 is 0 Å². The Morgan fingerprint density at radius 3 is 2.96 bits per heavy atom. The molecule has 0 saturated heterocycles. The summed E-state index contributed by atoms with van der Waals surface area (Å²) in [6, 6.07) is 5.79. The molecule has 3 N–H and O–H groups in total. The minimum absolute atomic E-state index is 0.0276. The van der Waals surface area contributed by atoms with E-state index in [-0.39, 0.29) is 17.9 Å². The fourth-order valence-corrected chi connectivity index (χ4v) is 3.40. The van der Waals surface area contributed by atoms with Gasteiger partial charge in [0.05, 0.1) is 11.1 Å². The second-order valence-electron chi connectivity index (χ2n) is 7.81. The lowest BCUT2D eigenvalue weighted by Crippen LogP contribution is -2.30. The van der Waals surface area contributed by atoms with Gasteiger partial charge in [-0.25, -0.2) is 4.52 Å².